The molecule has 0 fully saturated rings. The number of amides is 1. The zero-order chi connectivity index (χ0) is 15.6. The minimum absolute atomic E-state index is 0.0712. The second kappa shape index (κ2) is 5.98. The average Bonchev–Trinajstić information content (AvgIpc) is 2.43. The van der Waals surface area contributed by atoms with Crippen molar-refractivity contribution < 1.29 is 14.1 Å². The van der Waals surface area contributed by atoms with Gasteiger partial charge in [0, 0.05) is 0 Å². The Bertz CT molecular complexity index is 741. The summed E-state index contributed by atoms with van der Waals surface area (Å²) in [4.78, 5) is 22.0. The van der Waals surface area contributed by atoms with E-state index in [0.717, 1.165) is 18.2 Å². The molecule has 0 spiro atoms. The highest BCUT2D eigenvalue weighted by atomic mass is 35.5. The number of halogens is 3. The number of nitrogens with one attached hydrogen (secondary N) is 1. The van der Waals surface area contributed by atoms with E-state index < -0.39 is 22.3 Å². The number of hydrogen-bond acceptors (Lipinski definition) is 5. The largest absolute Gasteiger partial charge is 0.316 e. The zero-order valence-electron chi connectivity index (χ0n) is 10.0. The van der Waals surface area contributed by atoms with Crippen LogP contribution in [0.4, 0.5) is 15.8 Å². The maximum absolute atomic E-state index is 13.0. The van der Waals surface area contributed by atoms with Crippen molar-refractivity contribution in [2.24, 2.45) is 0 Å². The third-order valence-corrected chi connectivity index (χ3v) is 2.83. The van der Waals surface area contributed by atoms with Crippen molar-refractivity contribution in [3.63, 3.8) is 0 Å². The number of rotatable bonds is 3. The fourth-order valence-corrected chi connectivity index (χ4v) is 1.79. The van der Waals surface area contributed by atoms with Crippen LogP contribution in [0.1, 0.15) is 10.4 Å². The summed E-state index contributed by atoms with van der Waals surface area (Å²) in [5.74, 6) is -1.59. The molecule has 0 aliphatic heterocycles. The Labute approximate surface area is 126 Å². The summed E-state index contributed by atoms with van der Waals surface area (Å²) >= 11 is 11.3. The minimum atomic E-state index is -0.821. The smallest absolute Gasteiger partial charge is 0.295 e. The maximum Gasteiger partial charge on any atom is 0.295 e. The molecule has 0 radical (unpaired) electrons. The van der Waals surface area contributed by atoms with Gasteiger partial charge in [-0.05, 0) is 18.2 Å². The van der Waals surface area contributed by atoms with Gasteiger partial charge in [0.2, 0.25) is 0 Å². The predicted molar refractivity (Wildman–Crippen MR) is 73.1 cm³/mol. The van der Waals surface area contributed by atoms with E-state index in [1.807, 2.05) is 0 Å². The van der Waals surface area contributed by atoms with Crippen molar-refractivity contribution in [1.82, 2.24) is 10.2 Å². The Morgan fingerprint density at radius 2 is 2.00 bits per heavy atom. The number of anilines is 1. The molecule has 0 unspecified atom stereocenters. The molecule has 7 nitrogen and oxygen atoms in total. The van der Waals surface area contributed by atoms with E-state index in [1.165, 1.54) is 0 Å². The minimum Gasteiger partial charge on any atom is -0.316 e. The van der Waals surface area contributed by atoms with E-state index in [9.17, 15) is 19.3 Å². The van der Waals surface area contributed by atoms with Crippen molar-refractivity contribution in [1.29, 1.82) is 0 Å². The van der Waals surface area contributed by atoms with Gasteiger partial charge < -0.3 is 5.32 Å². The number of hydrogen-bond donors (Lipinski definition) is 1. The number of nitrogens with zero attached hydrogens (tertiary/aromatic N) is 3. The molecule has 0 aliphatic rings. The third-order valence-electron chi connectivity index (χ3n) is 2.37. The van der Waals surface area contributed by atoms with Crippen LogP contribution >= 0.6 is 23.2 Å². The van der Waals surface area contributed by atoms with Crippen LogP contribution in [0.25, 0.3) is 0 Å². The molecule has 1 aromatic heterocycles. The van der Waals surface area contributed by atoms with Gasteiger partial charge in [-0.1, -0.05) is 23.2 Å². The van der Waals surface area contributed by atoms with Crippen LogP contribution in [0.3, 0.4) is 0 Å². The molecule has 108 valence electrons. The predicted octanol–water partition coefficient (Wildman–Crippen LogP) is 3.08. The van der Waals surface area contributed by atoms with E-state index in [2.05, 4.69) is 15.5 Å². The molecule has 10 heteroatoms. The first-order valence-electron chi connectivity index (χ1n) is 5.32. The van der Waals surface area contributed by atoms with Gasteiger partial charge in [-0.2, -0.15) is 0 Å². The van der Waals surface area contributed by atoms with Crippen LogP contribution in [-0.2, 0) is 0 Å². The number of nitro benzene ring substituents is 1. The fourth-order valence-electron chi connectivity index (χ4n) is 1.46. The lowest BCUT2D eigenvalue weighted by atomic mass is 10.2. The summed E-state index contributed by atoms with van der Waals surface area (Å²) in [5, 5.41) is 19.7. The summed E-state index contributed by atoms with van der Waals surface area (Å²) < 4.78 is 13.0. The van der Waals surface area contributed by atoms with Gasteiger partial charge in [0.1, 0.15) is 11.5 Å². The van der Waals surface area contributed by atoms with Crippen molar-refractivity contribution in [2.75, 3.05) is 5.32 Å². The highest BCUT2D eigenvalue weighted by Crippen LogP contribution is 2.26. The number of nitro groups is 1. The Balaban J connectivity index is 2.36. The number of carbonyl (C=O) groups excluding carboxylic acids is 1. The Morgan fingerprint density at radius 1 is 1.29 bits per heavy atom. The molecule has 21 heavy (non-hydrogen) atoms. The molecule has 2 rings (SSSR count). The van der Waals surface area contributed by atoms with Gasteiger partial charge >= 0.3 is 0 Å². The van der Waals surface area contributed by atoms with Crippen molar-refractivity contribution in [2.45, 2.75) is 0 Å². The first kappa shape index (κ1) is 15.1. The van der Waals surface area contributed by atoms with E-state index in [1.54, 1.807) is 0 Å². The van der Waals surface area contributed by atoms with Crippen molar-refractivity contribution >= 4 is 40.5 Å². The Morgan fingerprint density at radius 3 is 2.67 bits per heavy atom. The SMILES string of the molecule is O=C(Nc1ccc(F)cc1[N+](=O)[O-])c1cc(Cl)nnc1Cl. The van der Waals surface area contributed by atoms with E-state index in [4.69, 9.17) is 23.2 Å². The summed E-state index contributed by atoms with van der Waals surface area (Å²) in [5.41, 5.74) is -0.890. The second-order valence-electron chi connectivity index (χ2n) is 3.74. The molecule has 0 atom stereocenters. The Kier molecular flexibility index (Phi) is 4.29. The quantitative estimate of drug-likeness (QED) is 0.688. The van der Waals surface area contributed by atoms with Gasteiger partial charge in [0.15, 0.2) is 10.3 Å². The van der Waals surface area contributed by atoms with Gasteiger partial charge in [-0.3, -0.25) is 14.9 Å². The molecule has 0 aliphatic carbocycles. The van der Waals surface area contributed by atoms with Gasteiger partial charge in [0.25, 0.3) is 11.6 Å². The van der Waals surface area contributed by atoms with E-state index >= 15 is 0 Å². The van der Waals surface area contributed by atoms with Gasteiger partial charge in [-0.25, -0.2) is 4.39 Å². The fraction of sp³-hybridized carbons (Fsp3) is 0. The number of carbonyl (C=O) groups is 1. The molecule has 1 aromatic carbocycles. The summed E-state index contributed by atoms with van der Waals surface area (Å²) in [6, 6.07) is 3.88. The molecule has 0 saturated carbocycles. The van der Waals surface area contributed by atoms with Crippen LogP contribution < -0.4 is 5.32 Å². The average molecular weight is 331 g/mol. The molecule has 0 saturated heterocycles. The van der Waals surface area contributed by atoms with Crippen LogP contribution in [-0.4, -0.2) is 21.0 Å². The van der Waals surface area contributed by atoms with Gasteiger partial charge in [0.05, 0.1) is 16.6 Å². The normalized spacial score (nSPS) is 10.2. The highest BCUT2D eigenvalue weighted by Gasteiger charge is 2.20. The lowest BCUT2D eigenvalue weighted by Gasteiger charge is -2.07. The van der Waals surface area contributed by atoms with E-state index in [0.29, 0.717) is 6.07 Å². The molecule has 1 amide bonds. The van der Waals surface area contributed by atoms with Crippen LogP contribution in [0.15, 0.2) is 24.3 Å². The third kappa shape index (κ3) is 3.41. The monoisotopic (exact) mass is 330 g/mol. The zero-order valence-corrected chi connectivity index (χ0v) is 11.5. The maximum atomic E-state index is 13.0. The highest BCUT2D eigenvalue weighted by molar-refractivity contribution is 6.34. The van der Waals surface area contributed by atoms with Crippen LogP contribution in [0.5, 0.6) is 0 Å². The van der Waals surface area contributed by atoms with Gasteiger partial charge in [-0.15, -0.1) is 10.2 Å². The lowest BCUT2D eigenvalue weighted by molar-refractivity contribution is -0.384. The Hall–Kier alpha value is -2.32. The van der Waals surface area contributed by atoms with Crippen molar-refractivity contribution in [3.8, 4) is 0 Å². The van der Waals surface area contributed by atoms with Crippen LogP contribution in [0.2, 0.25) is 10.3 Å². The van der Waals surface area contributed by atoms with Crippen molar-refractivity contribution in [3.05, 3.63) is 56.1 Å². The summed E-state index contributed by atoms with van der Waals surface area (Å²) in [6.07, 6.45) is 0. The molecule has 2 aromatic rings. The standard InChI is InChI=1S/C11H5Cl2FN4O3/c12-9-4-6(10(13)17-16-9)11(19)15-7-2-1-5(14)3-8(7)18(20)21/h1-4H,(H,15,19). The number of aromatic nitrogens is 2. The molecule has 0 bridgehead atoms. The number of benzene rings is 1. The summed E-state index contributed by atoms with van der Waals surface area (Å²) in [7, 11) is 0. The first-order valence-corrected chi connectivity index (χ1v) is 6.08. The topological polar surface area (TPSA) is 98.0 Å². The molecular weight excluding hydrogens is 326 g/mol. The lowest BCUT2D eigenvalue weighted by Crippen LogP contribution is -2.14. The van der Waals surface area contributed by atoms with E-state index in [-0.39, 0.29) is 21.6 Å². The first-order chi connectivity index (χ1) is 9.88. The second-order valence-corrected chi connectivity index (χ2v) is 4.49. The summed E-state index contributed by atoms with van der Waals surface area (Å²) in [6.45, 7) is 0. The molecule has 1 heterocycles. The van der Waals surface area contributed by atoms with Crippen LogP contribution in [0, 0.1) is 15.9 Å². The molecular formula is C11H5Cl2FN4O3. The molecule has 1 N–H and O–H groups in total.